The minimum absolute atomic E-state index is 0.0607. The zero-order chi connectivity index (χ0) is 22.1. The summed E-state index contributed by atoms with van der Waals surface area (Å²) in [6, 6.07) is 13.3. The molecule has 0 spiro atoms. The van der Waals surface area contributed by atoms with Crippen LogP contribution in [-0.4, -0.2) is 36.0 Å². The van der Waals surface area contributed by atoms with E-state index in [2.05, 4.69) is 24.5 Å². The molecule has 2 aliphatic heterocycles. The Kier molecular flexibility index (Phi) is 5.69. The third-order valence-corrected chi connectivity index (χ3v) is 5.55. The topological polar surface area (TPSA) is 87.7 Å². The van der Waals surface area contributed by atoms with E-state index in [1.54, 1.807) is 30.3 Å². The van der Waals surface area contributed by atoms with Crippen molar-refractivity contribution in [2.45, 2.75) is 25.8 Å². The summed E-state index contributed by atoms with van der Waals surface area (Å²) in [7, 11) is 0. The normalized spacial score (nSPS) is 18.1. The zero-order valence-electron chi connectivity index (χ0n) is 17.1. The second-order valence-electron chi connectivity index (χ2n) is 7.79. The maximum Gasteiger partial charge on any atom is 0.338 e. The number of cyclic esters (lactones) is 1. The quantitative estimate of drug-likeness (QED) is 0.690. The highest BCUT2D eigenvalue weighted by atomic mass is 35.5. The van der Waals surface area contributed by atoms with Gasteiger partial charge < -0.3 is 15.4 Å². The third-order valence-electron chi connectivity index (χ3n) is 5.32. The molecule has 0 aliphatic carbocycles. The zero-order valence-corrected chi connectivity index (χ0v) is 17.9. The first-order chi connectivity index (χ1) is 14.8. The Labute approximate surface area is 185 Å². The van der Waals surface area contributed by atoms with Gasteiger partial charge in [-0.15, -0.1) is 0 Å². The molecule has 0 aromatic heterocycles. The van der Waals surface area contributed by atoms with Crippen LogP contribution in [0.1, 0.15) is 36.9 Å². The molecule has 0 fully saturated rings. The highest BCUT2D eigenvalue weighted by Crippen LogP contribution is 2.35. The Morgan fingerprint density at radius 2 is 2.00 bits per heavy atom. The first-order valence-corrected chi connectivity index (χ1v) is 10.3. The van der Waals surface area contributed by atoms with Crippen LogP contribution in [0.2, 0.25) is 5.02 Å². The molecule has 31 heavy (non-hydrogen) atoms. The molecule has 2 aromatic carbocycles. The van der Waals surface area contributed by atoms with Crippen LogP contribution in [0.3, 0.4) is 0 Å². The first-order valence-electron chi connectivity index (χ1n) is 9.97. The number of hydrogen-bond donors (Lipinski definition) is 2. The summed E-state index contributed by atoms with van der Waals surface area (Å²) in [5, 5.41) is 6.11. The van der Waals surface area contributed by atoms with Crippen LogP contribution >= 0.6 is 11.6 Å². The SMILES string of the molecule is CC(C)c1cccc(NC(=O)CN2C(=O)N[C@H](c3cccc(Cl)c3)C3=C2COC3=O)c1. The van der Waals surface area contributed by atoms with Crippen LogP contribution in [0, 0.1) is 0 Å². The number of anilines is 1. The lowest BCUT2D eigenvalue weighted by Crippen LogP contribution is -2.49. The van der Waals surface area contributed by atoms with E-state index in [-0.39, 0.29) is 19.1 Å². The number of nitrogens with zero attached hydrogens (tertiary/aromatic N) is 1. The van der Waals surface area contributed by atoms with Crippen molar-refractivity contribution in [1.29, 1.82) is 0 Å². The highest BCUT2D eigenvalue weighted by molar-refractivity contribution is 6.30. The van der Waals surface area contributed by atoms with Gasteiger partial charge in [-0.1, -0.05) is 49.7 Å². The van der Waals surface area contributed by atoms with Gasteiger partial charge in [-0.05, 0) is 41.3 Å². The molecule has 160 valence electrons. The van der Waals surface area contributed by atoms with Crippen molar-refractivity contribution in [1.82, 2.24) is 10.2 Å². The lowest BCUT2D eigenvalue weighted by Gasteiger charge is -2.32. The molecule has 0 saturated heterocycles. The second kappa shape index (κ2) is 8.43. The number of amides is 3. The number of esters is 1. The lowest BCUT2D eigenvalue weighted by molar-refractivity contribution is -0.136. The molecule has 0 bridgehead atoms. The van der Waals surface area contributed by atoms with Crippen LogP contribution in [0.25, 0.3) is 0 Å². The van der Waals surface area contributed by atoms with Gasteiger partial charge in [0.05, 0.1) is 17.3 Å². The molecule has 2 heterocycles. The summed E-state index contributed by atoms with van der Waals surface area (Å²) in [5.41, 5.74) is 3.12. The van der Waals surface area contributed by atoms with Gasteiger partial charge in [0.2, 0.25) is 5.91 Å². The number of carbonyl (C=O) groups is 3. The monoisotopic (exact) mass is 439 g/mol. The summed E-state index contributed by atoms with van der Waals surface area (Å²) in [5.74, 6) is -0.569. The predicted octanol–water partition coefficient (Wildman–Crippen LogP) is 3.98. The smallest absolute Gasteiger partial charge is 0.338 e. The molecule has 2 aliphatic rings. The van der Waals surface area contributed by atoms with E-state index in [1.807, 2.05) is 18.2 Å². The number of nitrogens with one attached hydrogen (secondary N) is 2. The number of ether oxygens (including phenoxy) is 1. The number of carbonyl (C=O) groups excluding carboxylic acids is 3. The summed E-state index contributed by atoms with van der Waals surface area (Å²) in [6.45, 7) is 3.84. The maximum atomic E-state index is 12.8. The van der Waals surface area contributed by atoms with Crippen LogP contribution in [0.5, 0.6) is 0 Å². The highest BCUT2D eigenvalue weighted by Gasteiger charge is 2.42. The van der Waals surface area contributed by atoms with Gasteiger partial charge in [0.1, 0.15) is 13.2 Å². The Hall–Kier alpha value is -3.32. The van der Waals surface area contributed by atoms with Crippen molar-refractivity contribution < 1.29 is 19.1 Å². The van der Waals surface area contributed by atoms with Gasteiger partial charge in [-0.3, -0.25) is 9.69 Å². The molecule has 0 unspecified atom stereocenters. The molecule has 2 aromatic rings. The van der Waals surface area contributed by atoms with Crippen LogP contribution in [-0.2, 0) is 14.3 Å². The molecular weight excluding hydrogens is 418 g/mol. The molecule has 4 rings (SSSR count). The number of rotatable bonds is 5. The Bertz CT molecular complexity index is 1100. The van der Waals surface area contributed by atoms with Gasteiger partial charge in [0.25, 0.3) is 0 Å². The van der Waals surface area contributed by atoms with E-state index in [4.69, 9.17) is 16.3 Å². The Morgan fingerprint density at radius 3 is 2.74 bits per heavy atom. The van der Waals surface area contributed by atoms with Crippen molar-refractivity contribution in [2.24, 2.45) is 0 Å². The largest absolute Gasteiger partial charge is 0.456 e. The standard InChI is InChI=1S/C23H22ClN3O4/c1-13(2)14-5-4-8-17(10-14)25-19(28)11-27-18-12-31-22(29)20(18)21(26-23(27)30)15-6-3-7-16(24)9-15/h3-10,13,21H,11-12H2,1-2H3,(H,25,28)(H,26,30)/t21-/m1/s1. The molecule has 0 radical (unpaired) electrons. The lowest BCUT2D eigenvalue weighted by atomic mass is 9.96. The van der Waals surface area contributed by atoms with Crippen molar-refractivity contribution in [2.75, 3.05) is 18.5 Å². The number of urea groups is 1. The van der Waals surface area contributed by atoms with Crippen molar-refractivity contribution in [3.8, 4) is 0 Å². The number of hydrogen-bond acceptors (Lipinski definition) is 4. The molecule has 2 N–H and O–H groups in total. The average Bonchev–Trinajstić information content (AvgIpc) is 3.11. The van der Waals surface area contributed by atoms with Crippen molar-refractivity contribution in [3.63, 3.8) is 0 Å². The van der Waals surface area contributed by atoms with E-state index in [0.29, 0.717) is 33.5 Å². The predicted molar refractivity (Wildman–Crippen MR) is 117 cm³/mol. The minimum Gasteiger partial charge on any atom is -0.456 e. The van der Waals surface area contributed by atoms with Gasteiger partial charge >= 0.3 is 12.0 Å². The second-order valence-corrected chi connectivity index (χ2v) is 8.22. The molecule has 0 saturated carbocycles. The summed E-state index contributed by atoms with van der Waals surface area (Å²) in [6.07, 6.45) is 0. The van der Waals surface area contributed by atoms with E-state index < -0.39 is 18.0 Å². The first kappa shape index (κ1) is 20.9. The van der Waals surface area contributed by atoms with E-state index in [0.717, 1.165) is 5.56 Å². The van der Waals surface area contributed by atoms with Crippen molar-refractivity contribution in [3.05, 3.63) is 76.0 Å². The maximum absolute atomic E-state index is 12.8. The molecule has 8 heteroatoms. The Morgan fingerprint density at radius 1 is 1.23 bits per heavy atom. The molecule has 1 atom stereocenters. The van der Waals surface area contributed by atoms with Gasteiger partial charge in [0.15, 0.2) is 0 Å². The van der Waals surface area contributed by atoms with E-state index in [9.17, 15) is 14.4 Å². The van der Waals surface area contributed by atoms with Gasteiger partial charge in [0, 0.05) is 10.7 Å². The summed E-state index contributed by atoms with van der Waals surface area (Å²) in [4.78, 5) is 39.2. The van der Waals surface area contributed by atoms with E-state index in [1.165, 1.54) is 4.90 Å². The van der Waals surface area contributed by atoms with Crippen LogP contribution in [0.15, 0.2) is 59.8 Å². The fourth-order valence-electron chi connectivity index (χ4n) is 3.73. The fraction of sp³-hybridized carbons (Fsp3) is 0.261. The average molecular weight is 440 g/mol. The third kappa shape index (κ3) is 4.27. The fourth-order valence-corrected chi connectivity index (χ4v) is 3.93. The Balaban J connectivity index is 1.57. The molecule has 3 amide bonds. The van der Waals surface area contributed by atoms with Crippen LogP contribution < -0.4 is 10.6 Å². The van der Waals surface area contributed by atoms with Crippen molar-refractivity contribution >= 4 is 35.2 Å². The van der Waals surface area contributed by atoms with Crippen LogP contribution in [0.4, 0.5) is 10.5 Å². The molecule has 7 nitrogen and oxygen atoms in total. The number of benzene rings is 2. The van der Waals surface area contributed by atoms with Gasteiger partial charge in [-0.2, -0.15) is 0 Å². The summed E-state index contributed by atoms with van der Waals surface area (Å²) < 4.78 is 5.19. The van der Waals surface area contributed by atoms with Gasteiger partial charge in [-0.25, -0.2) is 9.59 Å². The molecular formula is C23H22ClN3O4. The number of halogens is 1. The summed E-state index contributed by atoms with van der Waals surface area (Å²) >= 11 is 6.08. The van der Waals surface area contributed by atoms with E-state index >= 15 is 0 Å². The minimum atomic E-state index is -0.682.